The summed E-state index contributed by atoms with van der Waals surface area (Å²) >= 11 is 0. The smallest absolute Gasteiger partial charge is 0.315 e. The molecule has 5 heteroatoms. The third-order valence-electron chi connectivity index (χ3n) is 5.10. The van der Waals surface area contributed by atoms with E-state index in [0.29, 0.717) is 13.1 Å². The third kappa shape index (κ3) is 4.29. The van der Waals surface area contributed by atoms with Crippen molar-refractivity contribution in [2.45, 2.75) is 19.0 Å². The highest BCUT2D eigenvalue weighted by molar-refractivity contribution is 6.01. The summed E-state index contributed by atoms with van der Waals surface area (Å²) < 4.78 is 0. The zero-order valence-electron chi connectivity index (χ0n) is 16.0. The van der Waals surface area contributed by atoms with E-state index in [-0.39, 0.29) is 11.9 Å². The maximum absolute atomic E-state index is 13.4. The fraction of sp³-hybridized carbons (Fsp3) is 0.167. The van der Waals surface area contributed by atoms with E-state index >= 15 is 0 Å². The van der Waals surface area contributed by atoms with Gasteiger partial charge in [0.15, 0.2) is 0 Å². The fourth-order valence-electron chi connectivity index (χ4n) is 3.62. The molecule has 0 aromatic heterocycles. The van der Waals surface area contributed by atoms with Gasteiger partial charge in [0.25, 0.3) is 5.91 Å². The standard InChI is InChI=1S/C24H23N3O2/c28-23(27-16-15-19-11-7-8-14-21(19)27)22(20-12-5-2-6-13-20)26-24(29)25-17-18-9-3-1-4-10-18/h1-14,22H,15-17H2,(H2,25,26,29)/t22-/m1/s1. The van der Waals surface area contributed by atoms with Crippen LogP contribution in [0.1, 0.15) is 22.7 Å². The molecule has 2 N–H and O–H groups in total. The Kier molecular flexibility index (Phi) is 5.56. The molecule has 0 fully saturated rings. The van der Waals surface area contributed by atoms with E-state index in [1.54, 1.807) is 4.90 Å². The van der Waals surface area contributed by atoms with Crippen molar-refractivity contribution in [2.75, 3.05) is 11.4 Å². The Bertz CT molecular complexity index is 989. The molecule has 0 saturated heterocycles. The quantitative estimate of drug-likeness (QED) is 0.701. The molecule has 146 valence electrons. The number of carbonyl (C=O) groups is 2. The molecule has 0 aliphatic carbocycles. The maximum Gasteiger partial charge on any atom is 0.315 e. The van der Waals surface area contributed by atoms with Gasteiger partial charge in [-0.05, 0) is 29.2 Å². The van der Waals surface area contributed by atoms with E-state index < -0.39 is 6.04 Å². The monoisotopic (exact) mass is 385 g/mol. The number of carbonyl (C=O) groups excluding carboxylic acids is 2. The summed E-state index contributed by atoms with van der Waals surface area (Å²) in [6.07, 6.45) is 0.823. The Morgan fingerprint density at radius 3 is 2.28 bits per heavy atom. The molecule has 1 aliphatic rings. The van der Waals surface area contributed by atoms with Gasteiger partial charge in [0.1, 0.15) is 6.04 Å². The predicted octanol–water partition coefficient (Wildman–Crippen LogP) is 3.82. The van der Waals surface area contributed by atoms with Gasteiger partial charge >= 0.3 is 6.03 Å². The van der Waals surface area contributed by atoms with Crippen molar-refractivity contribution < 1.29 is 9.59 Å². The van der Waals surface area contributed by atoms with Crippen LogP contribution in [0.25, 0.3) is 0 Å². The van der Waals surface area contributed by atoms with Gasteiger partial charge in [-0.15, -0.1) is 0 Å². The van der Waals surface area contributed by atoms with Crippen LogP contribution < -0.4 is 15.5 Å². The fourth-order valence-corrected chi connectivity index (χ4v) is 3.62. The molecule has 29 heavy (non-hydrogen) atoms. The minimum Gasteiger partial charge on any atom is -0.334 e. The number of rotatable bonds is 5. The molecular formula is C24H23N3O2. The van der Waals surface area contributed by atoms with E-state index in [9.17, 15) is 9.59 Å². The number of hydrogen-bond acceptors (Lipinski definition) is 2. The molecule has 5 nitrogen and oxygen atoms in total. The molecule has 0 spiro atoms. The van der Waals surface area contributed by atoms with Crippen LogP contribution >= 0.6 is 0 Å². The molecule has 3 aromatic carbocycles. The Morgan fingerprint density at radius 1 is 0.862 bits per heavy atom. The third-order valence-corrected chi connectivity index (χ3v) is 5.10. The number of benzene rings is 3. The molecule has 1 heterocycles. The number of hydrogen-bond donors (Lipinski definition) is 2. The first-order chi connectivity index (χ1) is 14.2. The minimum atomic E-state index is -0.752. The number of anilines is 1. The summed E-state index contributed by atoms with van der Waals surface area (Å²) in [5.41, 5.74) is 3.83. The van der Waals surface area contributed by atoms with Gasteiger partial charge in [-0.1, -0.05) is 78.9 Å². The van der Waals surface area contributed by atoms with Crippen LogP contribution in [0.2, 0.25) is 0 Å². The van der Waals surface area contributed by atoms with E-state index in [0.717, 1.165) is 28.8 Å². The maximum atomic E-state index is 13.4. The normalized spacial score (nSPS) is 13.4. The van der Waals surface area contributed by atoms with Crippen LogP contribution in [0, 0.1) is 0 Å². The number of fused-ring (bicyclic) bond motifs is 1. The topological polar surface area (TPSA) is 61.4 Å². The lowest BCUT2D eigenvalue weighted by atomic mass is 10.1. The molecule has 0 unspecified atom stereocenters. The van der Waals surface area contributed by atoms with Gasteiger partial charge in [-0.2, -0.15) is 0 Å². The molecular weight excluding hydrogens is 362 g/mol. The van der Waals surface area contributed by atoms with Crippen molar-refractivity contribution in [3.8, 4) is 0 Å². The van der Waals surface area contributed by atoms with Gasteiger partial charge in [0.2, 0.25) is 0 Å². The predicted molar refractivity (Wildman–Crippen MR) is 113 cm³/mol. The van der Waals surface area contributed by atoms with Crippen LogP contribution in [-0.4, -0.2) is 18.5 Å². The first kappa shape index (κ1) is 18.7. The van der Waals surface area contributed by atoms with E-state index in [1.807, 2.05) is 84.9 Å². The van der Waals surface area contributed by atoms with Crippen molar-refractivity contribution >= 4 is 17.6 Å². The molecule has 1 atom stereocenters. The van der Waals surface area contributed by atoms with Crippen LogP contribution in [0.4, 0.5) is 10.5 Å². The highest BCUT2D eigenvalue weighted by Crippen LogP contribution is 2.30. The number of nitrogens with zero attached hydrogens (tertiary/aromatic N) is 1. The van der Waals surface area contributed by atoms with Crippen molar-refractivity contribution in [2.24, 2.45) is 0 Å². The zero-order chi connectivity index (χ0) is 20.1. The number of nitrogens with one attached hydrogen (secondary N) is 2. The second-order valence-electron chi connectivity index (χ2n) is 7.02. The largest absolute Gasteiger partial charge is 0.334 e. The van der Waals surface area contributed by atoms with Gasteiger partial charge < -0.3 is 15.5 Å². The Balaban J connectivity index is 1.51. The van der Waals surface area contributed by atoms with Crippen LogP contribution in [-0.2, 0) is 17.8 Å². The second-order valence-corrected chi connectivity index (χ2v) is 7.02. The van der Waals surface area contributed by atoms with E-state index in [1.165, 1.54) is 0 Å². The summed E-state index contributed by atoms with van der Waals surface area (Å²) in [5, 5.41) is 5.71. The summed E-state index contributed by atoms with van der Waals surface area (Å²) in [7, 11) is 0. The highest BCUT2D eigenvalue weighted by Gasteiger charge is 2.32. The Hall–Kier alpha value is -3.60. The summed E-state index contributed by atoms with van der Waals surface area (Å²) in [6, 6.07) is 25.8. The molecule has 0 bridgehead atoms. The molecule has 0 radical (unpaired) electrons. The lowest BCUT2D eigenvalue weighted by Gasteiger charge is -2.25. The first-order valence-electron chi connectivity index (χ1n) is 9.75. The minimum absolute atomic E-state index is 0.129. The summed E-state index contributed by atoms with van der Waals surface area (Å²) in [4.78, 5) is 27.7. The molecule has 3 aromatic rings. The van der Waals surface area contributed by atoms with Crippen molar-refractivity contribution in [1.82, 2.24) is 10.6 Å². The van der Waals surface area contributed by atoms with E-state index in [2.05, 4.69) is 10.6 Å². The van der Waals surface area contributed by atoms with Crippen LogP contribution in [0.15, 0.2) is 84.9 Å². The number of para-hydroxylation sites is 1. The Morgan fingerprint density at radius 2 is 1.52 bits per heavy atom. The van der Waals surface area contributed by atoms with Gasteiger partial charge in [0.05, 0.1) is 0 Å². The highest BCUT2D eigenvalue weighted by atomic mass is 16.2. The molecule has 3 amide bonds. The SMILES string of the molecule is O=C(NCc1ccccc1)N[C@@H](C(=O)N1CCc2ccccc21)c1ccccc1. The van der Waals surface area contributed by atoms with Crippen molar-refractivity contribution in [3.05, 3.63) is 102 Å². The lowest BCUT2D eigenvalue weighted by molar-refractivity contribution is -0.120. The van der Waals surface area contributed by atoms with Crippen molar-refractivity contribution in [1.29, 1.82) is 0 Å². The van der Waals surface area contributed by atoms with Crippen LogP contribution in [0.5, 0.6) is 0 Å². The van der Waals surface area contributed by atoms with Gasteiger partial charge in [0, 0.05) is 18.8 Å². The zero-order valence-corrected chi connectivity index (χ0v) is 16.0. The molecule has 1 aliphatic heterocycles. The average Bonchev–Trinajstić information content (AvgIpc) is 3.21. The summed E-state index contributed by atoms with van der Waals surface area (Å²) in [6.45, 7) is 1.02. The lowest BCUT2D eigenvalue weighted by Crippen LogP contribution is -2.45. The number of amides is 3. The molecule has 4 rings (SSSR count). The molecule has 0 saturated carbocycles. The van der Waals surface area contributed by atoms with E-state index in [4.69, 9.17) is 0 Å². The van der Waals surface area contributed by atoms with Gasteiger partial charge in [-0.3, -0.25) is 4.79 Å². The Labute approximate surface area is 170 Å². The summed E-state index contributed by atoms with van der Waals surface area (Å²) in [5.74, 6) is -0.129. The average molecular weight is 385 g/mol. The second kappa shape index (κ2) is 8.61. The first-order valence-corrected chi connectivity index (χ1v) is 9.75. The number of urea groups is 1. The van der Waals surface area contributed by atoms with Crippen molar-refractivity contribution in [3.63, 3.8) is 0 Å². The van der Waals surface area contributed by atoms with Gasteiger partial charge in [-0.25, -0.2) is 4.79 Å². The van der Waals surface area contributed by atoms with Crippen LogP contribution in [0.3, 0.4) is 0 Å².